The van der Waals surface area contributed by atoms with E-state index in [0.29, 0.717) is 29.5 Å². The van der Waals surface area contributed by atoms with E-state index in [2.05, 4.69) is 37.1 Å². The van der Waals surface area contributed by atoms with Gasteiger partial charge < -0.3 is 15.3 Å². The van der Waals surface area contributed by atoms with Crippen molar-refractivity contribution in [2.24, 2.45) is 0 Å². The molecule has 1 aliphatic rings. The van der Waals surface area contributed by atoms with Crippen LogP contribution in [0.2, 0.25) is 0 Å². The van der Waals surface area contributed by atoms with Gasteiger partial charge in [0.2, 0.25) is 0 Å². The zero-order valence-electron chi connectivity index (χ0n) is 20.8. The molecule has 1 heterocycles. The number of hydrogen-bond donors (Lipinski definition) is 3. The topological polar surface area (TPSA) is 73.6 Å². The van der Waals surface area contributed by atoms with Crippen LogP contribution in [-0.4, -0.2) is 26.4 Å². The molecule has 1 aromatic carbocycles. The minimum Gasteiger partial charge on any atom is -0.508 e. The molecule has 0 radical (unpaired) electrons. The van der Waals surface area contributed by atoms with Gasteiger partial charge in [-0.2, -0.15) is 0 Å². The molecule has 180 valence electrons. The second kappa shape index (κ2) is 11.8. The van der Waals surface area contributed by atoms with Gasteiger partial charge in [0.25, 0.3) is 0 Å². The van der Waals surface area contributed by atoms with Crippen LogP contribution in [0.5, 0.6) is 11.5 Å². The van der Waals surface area contributed by atoms with E-state index in [9.17, 15) is 15.3 Å². The SMILES string of the molecule is C/C=C(/C)C(O)Cc1c(O)c(CCC2=C(CC)CC=C(C)C=C2)cc(O)c1Cc1ccncc1. The fraction of sp³-hybridized carbons (Fsp3) is 0.367. The smallest absolute Gasteiger partial charge is 0.122 e. The van der Waals surface area contributed by atoms with Crippen LogP contribution < -0.4 is 0 Å². The molecule has 1 unspecified atom stereocenters. The number of phenolic OH excluding ortho intramolecular Hbond substituents is 2. The van der Waals surface area contributed by atoms with Crippen LogP contribution in [0.1, 0.15) is 69.2 Å². The van der Waals surface area contributed by atoms with Crippen LogP contribution in [0, 0.1) is 0 Å². The van der Waals surface area contributed by atoms with Gasteiger partial charge in [-0.25, -0.2) is 0 Å². The molecule has 3 rings (SSSR count). The first-order chi connectivity index (χ1) is 16.3. The van der Waals surface area contributed by atoms with Crippen molar-refractivity contribution in [2.45, 2.75) is 72.3 Å². The Kier molecular flexibility index (Phi) is 8.89. The number of rotatable bonds is 9. The van der Waals surface area contributed by atoms with Crippen molar-refractivity contribution < 1.29 is 15.3 Å². The van der Waals surface area contributed by atoms with E-state index < -0.39 is 6.10 Å². The summed E-state index contributed by atoms with van der Waals surface area (Å²) in [5, 5.41) is 33.1. The number of hydrogen-bond acceptors (Lipinski definition) is 4. The molecular weight excluding hydrogens is 422 g/mol. The zero-order chi connectivity index (χ0) is 24.7. The van der Waals surface area contributed by atoms with Crippen molar-refractivity contribution in [1.82, 2.24) is 4.98 Å². The molecule has 1 atom stereocenters. The van der Waals surface area contributed by atoms with E-state index in [0.717, 1.165) is 30.4 Å². The van der Waals surface area contributed by atoms with Gasteiger partial charge >= 0.3 is 0 Å². The highest BCUT2D eigenvalue weighted by Gasteiger charge is 2.21. The molecule has 0 aliphatic heterocycles. The molecular formula is C30H37NO3. The van der Waals surface area contributed by atoms with E-state index in [-0.39, 0.29) is 17.9 Å². The Morgan fingerprint density at radius 3 is 2.53 bits per heavy atom. The van der Waals surface area contributed by atoms with E-state index in [1.54, 1.807) is 18.5 Å². The summed E-state index contributed by atoms with van der Waals surface area (Å²) in [6.45, 7) is 8.06. The minimum atomic E-state index is -0.727. The van der Waals surface area contributed by atoms with Crippen molar-refractivity contribution in [3.05, 3.63) is 99.4 Å². The number of aromatic nitrogens is 1. The summed E-state index contributed by atoms with van der Waals surface area (Å²) in [7, 11) is 0. The number of aromatic hydroxyl groups is 2. The summed E-state index contributed by atoms with van der Waals surface area (Å²) in [5.41, 5.74) is 7.76. The highest BCUT2D eigenvalue weighted by molar-refractivity contribution is 5.55. The van der Waals surface area contributed by atoms with Gasteiger partial charge in [0.15, 0.2) is 0 Å². The predicted molar refractivity (Wildman–Crippen MR) is 139 cm³/mol. The first-order valence-corrected chi connectivity index (χ1v) is 12.1. The van der Waals surface area contributed by atoms with Gasteiger partial charge in [0.05, 0.1) is 6.10 Å². The van der Waals surface area contributed by atoms with Crippen molar-refractivity contribution in [2.75, 3.05) is 0 Å². The maximum absolute atomic E-state index is 11.3. The standard InChI is InChI=1S/C30H37NO3/c1-5-21(4)28(32)19-27-26(17-22-13-15-31-16-14-22)29(33)18-25(30(27)34)12-11-24-10-8-20(3)7-9-23(24)6-2/h5,7-8,10,13-16,18,28,32-34H,6,9,11-12,17,19H2,1-4H3/b21-5-. The summed E-state index contributed by atoms with van der Waals surface area (Å²) in [5.74, 6) is 0.332. The molecule has 0 fully saturated rings. The number of allylic oxidation sites excluding steroid dienone is 7. The number of aliphatic hydroxyl groups excluding tert-OH is 1. The zero-order valence-corrected chi connectivity index (χ0v) is 20.8. The number of aliphatic hydroxyl groups is 1. The molecule has 4 heteroatoms. The third-order valence-electron chi connectivity index (χ3n) is 6.85. The normalized spacial score (nSPS) is 15.3. The molecule has 34 heavy (non-hydrogen) atoms. The van der Waals surface area contributed by atoms with Crippen molar-refractivity contribution in [1.29, 1.82) is 0 Å². The Hall–Kier alpha value is -3.11. The first kappa shape index (κ1) is 25.5. The lowest BCUT2D eigenvalue weighted by Gasteiger charge is -2.20. The minimum absolute atomic E-state index is 0.156. The molecule has 1 aromatic heterocycles. The van der Waals surface area contributed by atoms with Crippen LogP contribution in [0.3, 0.4) is 0 Å². The molecule has 0 spiro atoms. The van der Waals surface area contributed by atoms with Gasteiger partial charge in [-0.3, -0.25) is 4.98 Å². The molecule has 4 nitrogen and oxygen atoms in total. The average molecular weight is 460 g/mol. The van der Waals surface area contributed by atoms with E-state index in [4.69, 9.17) is 0 Å². The lowest BCUT2D eigenvalue weighted by atomic mass is 9.89. The van der Waals surface area contributed by atoms with E-state index in [1.807, 2.05) is 32.1 Å². The third kappa shape index (κ3) is 6.27. The average Bonchev–Trinajstić information content (AvgIpc) is 3.03. The predicted octanol–water partition coefficient (Wildman–Crippen LogP) is 6.50. The largest absolute Gasteiger partial charge is 0.508 e. The Labute approximate surface area is 203 Å². The van der Waals surface area contributed by atoms with E-state index in [1.165, 1.54) is 16.7 Å². The number of nitrogens with zero attached hydrogens (tertiary/aromatic N) is 1. The summed E-state index contributed by atoms with van der Waals surface area (Å²) in [6.07, 6.45) is 15.2. The van der Waals surface area contributed by atoms with Crippen molar-refractivity contribution >= 4 is 0 Å². The number of phenols is 2. The maximum Gasteiger partial charge on any atom is 0.122 e. The molecule has 0 saturated carbocycles. The van der Waals surface area contributed by atoms with Gasteiger partial charge in [-0.05, 0) is 86.9 Å². The van der Waals surface area contributed by atoms with Gasteiger partial charge in [0, 0.05) is 36.4 Å². The second-order valence-electron chi connectivity index (χ2n) is 9.11. The Balaban J connectivity index is 1.97. The highest BCUT2D eigenvalue weighted by atomic mass is 16.3. The Morgan fingerprint density at radius 2 is 1.85 bits per heavy atom. The monoisotopic (exact) mass is 459 g/mol. The summed E-state index contributed by atoms with van der Waals surface area (Å²) >= 11 is 0. The molecule has 0 amide bonds. The fourth-order valence-electron chi connectivity index (χ4n) is 4.41. The fourth-order valence-corrected chi connectivity index (χ4v) is 4.41. The van der Waals surface area contributed by atoms with Gasteiger partial charge in [0.1, 0.15) is 11.5 Å². The quantitative estimate of drug-likeness (QED) is 0.296. The molecule has 1 aliphatic carbocycles. The van der Waals surface area contributed by atoms with Gasteiger partial charge in [-0.1, -0.05) is 42.4 Å². The number of pyridine rings is 1. The van der Waals surface area contributed by atoms with Crippen LogP contribution in [-0.2, 0) is 19.3 Å². The van der Waals surface area contributed by atoms with Crippen LogP contribution in [0.25, 0.3) is 0 Å². The maximum atomic E-state index is 11.3. The Morgan fingerprint density at radius 1 is 1.12 bits per heavy atom. The van der Waals surface area contributed by atoms with Crippen LogP contribution in [0.15, 0.2) is 77.2 Å². The number of benzene rings is 1. The van der Waals surface area contributed by atoms with Crippen molar-refractivity contribution in [3.63, 3.8) is 0 Å². The van der Waals surface area contributed by atoms with Crippen LogP contribution >= 0.6 is 0 Å². The van der Waals surface area contributed by atoms with Crippen molar-refractivity contribution in [3.8, 4) is 11.5 Å². The lowest BCUT2D eigenvalue weighted by Crippen LogP contribution is -2.14. The summed E-state index contributed by atoms with van der Waals surface area (Å²) in [4.78, 5) is 4.07. The molecule has 3 N–H and O–H groups in total. The summed E-state index contributed by atoms with van der Waals surface area (Å²) < 4.78 is 0. The highest BCUT2D eigenvalue weighted by Crippen LogP contribution is 2.37. The first-order valence-electron chi connectivity index (χ1n) is 12.1. The van der Waals surface area contributed by atoms with Gasteiger partial charge in [-0.15, -0.1) is 0 Å². The Bertz CT molecular complexity index is 1120. The summed E-state index contributed by atoms with van der Waals surface area (Å²) in [6, 6.07) is 5.49. The van der Waals surface area contributed by atoms with Crippen LogP contribution in [0.4, 0.5) is 0 Å². The molecule has 0 saturated heterocycles. The number of aryl methyl sites for hydroxylation is 1. The molecule has 2 aromatic rings. The second-order valence-corrected chi connectivity index (χ2v) is 9.11. The molecule has 0 bridgehead atoms. The lowest BCUT2D eigenvalue weighted by molar-refractivity contribution is 0.209. The third-order valence-corrected chi connectivity index (χ3v) is 6.85. The van der Waals surface area contributed by atoms with E-state index >= 15 is 0 Å².